The highest BCUT2D eigenvalue weighted by Gasteiger charge is 2.23. The van der Waals surface area contributed by atoms with E-state index >= 15 is 0 Å². The maximum absolute atomic E-state index is 11.3. The summed E-state index contributed by atoms with van der Waals surface area (Å²) in [5.41, 5.74) is 0.615. The molecule has 1 heterocycles. The first-order chi connectivity index (χ1) is 10.0. The summed E-state index contributed by atoms with van der Waals surface area (Å²) in [6.45, 7) is 2.33. The molecule has 0 radical (unpaired) electrons. The number of hydrogen-bond acceptors (Lipinski definition) is 6. The van der Waals surface area contributed by atoms with E-state index in [1.54, 1.807) is 0 Å². The second-order valence-electron chi connectivity index (χ2n) is 4.96. The van der Waals surface area contributed by atoms with Crippen molar-refractivity contribution in [1.82, 2.24) is 0 Å². The van der Waals surface area contributed by atoms with E-state index in [1.807, 2.05) is 6.92 Å². The molecule has 1 aromatic carbocycles. The highest BCUT2D eigenvalue weighted by Crippen LogP contribution is 2.37. The molecule has 3 N–H and O–H groups in total. The molecule has 0 aliphatic carbocycles. The fourth-order valence-electron chi connectivity index (χ4n) is 2.02. The molecule has 8 heteroatoms. The van der Waals surface area contributed by atoms with Gasteiger partial charge in [-0.2, -0.15) is 0 Å². The Labute approximate surface area is 121 Å². The number of nitrogens with zero attached hydrogens (tertiary/aromatic N) is 1. The normalized spacial score (nSPS) is 14.7. The lowest BCUT2D eigenvalue weighted by molar-refractivity contribution is -0.384. The third kappa shape index (κ3) is 3.60. The standard InChI is InChI=1S/C13H17N3O5/c1-8(2-3-17)6-14-9-4-10-12(5-11(9)16(19)20)21-7-13(18)15-10/h4-5,8,14,17H,2-3,6-7H2,1H3,(H,15,18). The molecular weight excluding hydrogens is 278 g/mol. The maximum Gasteiger partial charge on any atom is 0.296 e. The van der Waals surface area contributed by atoms with E-state index in [0.717, 1.165) is 0 Å². The number of ether oxygens (including phenoxy) is 1. The van der Waals surface area contributed by atoms with Gasteiger partial charge in [-0.3, -0.25) is 14.9 Å². The Bertz CT molecular complexity index is 561. The van der Waals surface area contributed by atoms with E-state index < -0.39 is 4.92 Å². The van der Waals surface area contributed by atoms with Crippen molar-refractivity contribution in [2.45, 2.75) is 13.3 Å². The SMILES string of the molecule is CC(CCO)CNc1cc2c(cc1[N+](=O)[O-])OCC(=O)N2. The number of benzene rings is 1. The number of amides is 1. The Morgan fingerprint density at radius 2 is 2.33 bits per heavy atom. The van der Waals surface area contributed by atoms with Crippen molar-refractivity contribution in [2.24, 2.45) is 5.92 Å². The minimum Gasteiger partial charge on any atom is -0.481 e. The van der Waals surface area contributed by atoms with Gasteiger partial charge in [0.15, 0.2) is 12.4 Å². The predicted octanol–water partition coefficient (Wildman–Crippen LogP) is 1.36. The van der Waals surface area contributed by atoms with E-state index in [-0.39, 0.29) is 36.5 Å². The molecule has 1 aliphatic rings. The van der Waals surface area contributed by atoms with Crippen LogP contribution in [0.25, 0.3) is 0 Å². The van der Waals surface area contributed by atoms with Gasteiger partial charge in [-0.25, -0.2) is 0 Å². The lowest BCUT2D eigenvalue weighted by Gasteiger charge is -2.19. The van der Waals surface area contributed by atoms with E-state index in [0.29, 0.717) is 24.3 Å². The molecule has 0 aromatic heterocycles. The van der Waals surface area contributed by atoms with Gasteiger partial charge in [-0.15, -0.1) is 0 Å². The van der Waals surface area contributed by atoms with Crippen LogP contribution >= 0.6 is 0 Å². The summed E-state index contributed by atoms with van der Waals surface area (Å²) in [7, 11) is 0. The molecule has 1 amide bonds. The molecule has 2 rings (SSSR count). The number of fused-ring (bicyclic) bond motifs is 1. The van der Waals surface area contributed by atoms with Crippen molar-refractivity contribution in [1.29, 1.82) is 0 Å². The first-order valence-corrected chi connectivity index (χ1v) is 6.61. The summed E-state index contributed by atoms with van der Waals surface area (Å²) < 4.78 is 5.17. The van der Waals surface area contributed by atoms with Crippen LogP contribution < -0.4 is 15.4 Å². The van der Waals surface area contributed by atoms with E-state index in [4.69, 9.17) is 9.84 Å². The Balaban J connectivity index is 2.23. The van der Waals surface area contributed by atoms with Gasteiger partial charge in [0, 0.05) is 13.2 Å². The molecule has 8 nitrogen and oxygen atoms in total. The summed E-state index contributed by atoms with van der Waals surface area (Å²) in [5.74, 6) is 0.155. The molecule has 1 aliphatic heterocycles. The number of nitro groups is 1. The zero-order chi connectivity index (χ0) is 15.4. The van der Waals surface area contributed by atoms with Crippen molar-refractivity contribution < 1.29 is 19.6 Å². The predicted molar refractivity (Wildman–Crippen MR) is 76.6 cm³/mol. The number of aliphatic hydroxyl groups excluding tert-OH is 1. The maximum atomic E-state index is 11.3. The smallest absolute Gasteiger partial charge is 0.296 e. The van der Waals surface area contributed by atoms with Crippen molar-refractivity contribution in [3.63, 3.8) is 0 Å². The largest absolute Gasteiger partial charge is 0.481 e. The Hall–Kier alpha value is -2.35. The first-order valence-electron chi connectivity index (χ1n) is 6.61. The van der Waals surface area contributed by atoms with Crippen LogP contribution in [-0.4, -0.2) is 35.7 Å². The van der Waals surface area contributed by atoms with Crippen LogP contribution in [0.2, 0.25) is 0 Å². The van der Waals surface area contributed by atoms with Gasteiger partial charge in [0.1, 0.15) is 5.69 Å². The molecule has 0 fully saturated rings. The van der Waals surface area contributed by atoms with Crippen LogP contribution in [0.15, 0.2) is 12.1 Å². The second kappa shape index (κ2) is 6.40. The number of carbonyl (C=O) groups excluding carboxylic acids is 1. The number of hydrogen-bond donors (Lipinski definition) is 3. The number of carbonyl (C=O) groups is 1. The topological polar surface area (TPSA) is 114 Å². The van der Waals surface area contributed by atoms with E-state index in [1.165, 1.54) is 12.1 Å². The second-order valence-corrected chi connectivity index (χ2v) is 4.96. The number of aliphatic hydroxyl groups is 1. The summed E-state index contributed by atoms with van der Waals surface area (Å²) in [5, 5.41) is 25.6. The van der Waals surface area contributed by atoms with Gasteiger partial charge in [0.05, 0.1) is 16.7 Å². The first kappa shape index (κ1) is 15.0. The van der Waals surface area contributed by atoms with Crippen LogP contribution in [0.1, 0.15) is 13.3 Å². The minimum absolute atomic E-state index is 0.0685. The lowest BCUT2D eigenvalue weighted by Crippen LogP contribution is -2.25. The molecular formula is C13H17N3O5. The van der Waals surface area contributed by atoms with Crippen LogP contribution in [0.5, 0.6) is 5.75 Å². The van der Waals surface area contributed by atoms with Crippen molar-refractivity contribution in [3.05, 3.63) is 22.2 Å². The molecule has 0 saturated heterocycles. The van der Waals surface area contributed by atoms with Crippen molar-refractivity contribution in [2.75, 3.05) is 30.4 Å². The fourth-order valence-corrected chi connectivity index (χ4v) is 2.02. The zero-order valence-electron chi connectivity index (χ0n) is 11.6. The van der Waals surface area contributed by atoms with Gasteiger partial charge in [-0.05, 0) is 18.4 Å². The molecule has 0 bridgehead atoms. The average Bonchev–Trinajstić information content (AvgIpc) is 2.44. The highest BCUT2D eigenvalue weighted by molar-refractivity contribution is 5.96. The Morgan fingerprint density at radius 3 is 3.00 bits per heavy atom. The van der Waals surface area contributed by atoms with Crippen LogP contribution in [-0.2, 0) is 4.79 Å². The van der Waals surface area contributed by atoms with Gasteiger partial charge >= 0.3 is 0 Å². The molecule has 1 atom stereocenters. The number of rotatable bonds is 6. The highest BCUT2D eigenvalue weighted by atomic mass is 16.6. The number of anilines is 2. The third-order valence-corrected chi connectivity index (χ3v) is 3.19. The van der Waals surface area contributed by atoms with E-state index in [2.05, 4.69) is 10.6 Å². The monoisotopic (exact) mass is 295 g/mol. The number of nitrogens with one attached hydrogen (secondary N) is 2. The van der Waals surface area contributed by atoms with E-state index in [9.17, 15) is 14.9 Å². The van der Waals surface area contributed by atoms with Gasteiger partial charge in [0.2, 0.25) is 0 Å². The van der Waals surface area contributed by atoms with Crippen LogP contribution in [0.4, 0.5) is 17.1 Å². The molecule has 1 unspecified atom stereocenters. The third-order valence-electron chi connectivity index (χ3n) is 3.19. The van der Waals surface area contributed by atoms with Crippen LogP contribution in [0.3, 0.4) is 0 Å². The van der Waals surface area contributed by atoms with Gasteiger partial charge < -0.3 is 20.5 Å². The molecule has 114 valence electrons. The zero-order valence-corrected chi connectivity index (χ0v) is 11.6. The van der Waals surface area contributed by atoms with Crippen LogP contribution in [0, 0.1) is 16.0 Å². The summed E-state index contributed by atoms with van der Waals surface area (Å²) >= 11 is 0. The Kier molecular flexibility index (Phi) is 4.59. The van der Waals surface area contributed by atoms with Gasteiger partial charge in [-0.1, -0.05) is 6.92 Å². The fraction of sp³-hybridized carbons (Fsp3) is 0.462. The minimum atomic E-state index is -0.501. The van der Waals surface area contributed by atoms with Crippen molar-refractivity contribution in [3.8, 4) is 5.75 Å². The average molecular weight is 295 g/mol. The molecule has 21 heavy (non-hydrogen) atoms. The Morgan fingerprint density at radius 1 is 1.57 bits per heavy atom. The summed E-state index contributed by atoms with van der Waals surface area (Å²) in [4.78, 5) is 21.9. The van der Waals surface area contributed by atoms with Crippen molar-refractivity contribution >= 4 is 23.0 Å². The molecule has 0 spiro atoms. The number of nitro benzene ring substituents is 1. The molecule has 0 saturated carbocycles. The quantitative estimate of drug-likeness (QED) is 0.539. The lowest BCUT2D eigenvalue weighted by atomic mass is 10.1. The summed E-state index contributed by atoms with van der Waals surface area (Å²) in [6, 6.07) is 2.80. The summed E-state index contributed by atoms with van der Waals surface area (Å²) in [6.07, 6.45) is 0.603. The van der Waals surface area contributed by atoms with Gasteiger partial charge in [0.25, 0.3) is 11.6 Å². The molecule has 1 aromatic rings.